The van der Waals surface area contributed by atoms with Gasteiger partial charge in [-0.25, -0.2) is 34.3 Å². The first-order chi connectivity index (χ1) is 70.4. The van der Waals surface area contributed by atoms with Gasteiger partial charge in [-0.15, -0.1) is 45.3 Å². The summed E-state index contributed by atoms with van der Waals surface area (Å²) in [4.78, 5) is 150. The number of thiophene rings is 4. The number of carbonyl (C=O) groups excluding carboxylic acids is 5. The molecule has 15 aromatic heterocycles. The van der Waals surface area contributed by atoms with Crippen molar-refractivity contribution in [3.8, 4) is 42.3 Å². The highest BCUT2D eigenvalue weighted by atomic mass is 32.1. The molecule has 748 valence electrons. The molecule has 12 N–H and O–H groups in total. The number of H-pyrrole nitrogens is 6. The minimum Gasteiger partial charge on any atom is -0.377 e. The largest absolute Gasteiger partial charge is 0.377 e. The fourth-order valence-corrected chi connectivity index (χ4v) is 22.3. The highest BCUT2D eigenvalue weighted by Gasteiger charge is 2.35. The lowest BCUT2D eigenvalue weighted by molar-refractivity contribution is -0.118. The third-order valence-electron chi connectivity index (χ3n) is 26.8. The van der Waals surface area contributed by atoms with Crippen molar-refractivity contribution < 1.29 is 38.2 Å². The molecule has 4 saturated carbocycles. The van der Waals surface area contributed by atoms with E-state index in [2.05, 4.69) is 113 Å². The molecule has 10 aliphatic rings. The average Bonchev–Trinajstić information content (AvgIpc) is 1.63. The number of ether oxygens (including phenoxy) is 3. The van der Waals surface area contributed by atoms with Gasteiger partial charge in [0.2, 0.25) is 5.91 Å². The molecule has 6 saturated heterocycles. The first-order valence-corrected chi connectivity index (χ1v) is 52.6. The molecule has 4 unspecified atom stereocenters. The number of rotatable bonds is 24. The predicted octanol–water partition coefficient (Wildman–Crippen LogP) is 8.03. The number of nitrogens with one attached hydrogen (secondary N) is 12. The zero-order valence-corrected chi connectivity index (χ0v) is 83.3. The zero-order valence-electron chi connectivity index (χ0n) is 80.1. The first-order valence-electron chi connectivity index (χ1n) is 49.4. The molecule has 6 aliphatic heterocycles. The van der Waals surface area contributed by atoms with Gasteiger partial charge in [0, 0.05) is 155 Å². The summed E-state index contributed by atoms with van der Waals surface area (Å²) in [5.41, 5.74) is 9.33. The number of aromatic nitrogens is 18. The van der Waals surface area contributed by atoms with E-state index in [1.165, 1.54) is 51.8 Å². The summed E-state index contributed by atoms with van der Waals surface area (Å²) >= 11 is 5.79. The maximum Gasteiger partial charge on any atom is 0.323 e. The van der Waals surface area contributed by atoms with Gasteiger partial charge in [0.05, 0.1) is 150 Å². The van der Waals surface area contributed by atoms with Crippen LogP contribution in [0.4, 0.5) is 23.3 Å². The molecule has 4 aliphatic carbocycles. The maximum absolute atomic E-state index is 13.4. The van der Waals surface area contributed by atoms with Crippen LogP contribution in [0.5, 0.6) is 0 Å². The Morgan fingerprint density at radius 3 is 1.13 bits per heavy atom. The van der Waals surface area contributed by atoms with Crippen LogP contribution >= 0.6 is 45.3 Å². The monoisotopic (exact) mass is 2030 g/mol. The number of morpholine rings is 1. The molecule has 0 bridgehead atoms. The van der Waals surface area contributed by atoms with E-state index in [1.807, 2.05) is 126 Å². The second-order valence-electron chi connectivity index (χ2n) is 38.4. The quantitative estimate of drug-likeness (QED) is 0.0272. The number of piperazine rings is 1. The summed E-state index contributed by atoms with van der Waals surface area (Å²) in [6.45, 7) is 28.7. The van der Waals surface area contributed by atoms with Crippen LogP contribution in [0.1, 0.15) is 178 Å². The Balaban J connectivity index is 0.000000110. The van der Waals surface area contributed by atoms with Gasteiger partial charge < -0.3 is 90.7 Å². The predicted molar refractivity (Wildman–Crippen MR) is 559 cm³/mol. The van der Waals surface area contributed by atoms with Gasteiger partial charge in [0.25, 0.3) is 23.6 Å². The van der Waals surface area contributed by atoms with Crippen molar-refractivity contribution in [3.05, 3.63) is 221 Å². The number of aromatic amines is 6. The molecule has 10 fully saturated rings. The number of amides is 5. The number of anilines is 4. The van der Waals surface area contributed by atoms with Crippen LogP contribution in [-0.2, 0) is 19.0 Å². The normalized spacial score (nSPS) is 19.9. The van der Waals surface area contributed by atoms with E-state index in [-0.39, 0.29) is 64.9 Å². The Bertz CT molecular complexity index is 8120. The topological polar surface area (TPSA) is 465 Å². The Morgan fingerprint density at radius 1 is 0.421 bits per heavy atom. The van der Waals surface area contributed by atoms with E-state index in [1.54, 1.807) is 42.8 Å². The highest BCUT2D eigenvalue weighted by molar-refractivity contribution is 7.18. The number of allylic oxidation sites excluding steroid dienone is 1. The zero-order chi connectivity index (χ0) is 99.4. The van der Waals surface area contributed by atoms with E-state index in [0.717, 1.165) is 247 Å². The number of fused-ring (bicyclic) bond motifs is 4. The standard InChI is InChI=1S/C28H32N8O3S.C25H27N7O3S.C25H26N6O3S.C24H25N7O2S/c1-17-21(33-28(38)30-17)13-18-15-29-36-25(31-19-4-5-19)14-22(32-26(18)36)23-6-7-24(40-23)27(37)35-10-8-34(9-11-35)16-20-3-2-12-39-20;1-13-11-31(12-14(2)35-13)24(33)21-7-6-20(36-21)19-9-22(28-17-4-5-17)32-23(29-19)16(10-26-32)8-18-15(3)27-25(34)30-18;1-14-15(10-23(32)28-14)9-16-12-27-31-22(29-17-4-5-17)11-19(30-24(16)31)20-6-7-21(35-20)25(33)26-13-18-3-2-8-34-18;1-14-17(29-24(33)26-14)11-15-13-25-31-21(27-16-5-6-16)12-18(28-22(15)31)19-7-8-20(34-19)23(32)30-9-3-2-4-10-30/h6-7,13-15,19-20,31H,1-5,8-12,16H2,(H2,30,33,38);6-10,13-14,17,28H,3-5,11-12H2,1-2H3,(H2,27,30,34);6-7,9,11-12,17-18,29H,1-5,8,10,13H2,(H,26,33)(H,28,32);7-8,11-13,16,27H,1-6,9-10H2,(H2,26,29,33)/b21-13-;18-8-;15-9+;17-11-. The second kappa shape index (κ2) is 40.9. The Labute approximate surface area is 844 Å². The number of piperidine rings is 1. The average molecular weight is 2030 g/mol. The summed E-state index contributed by atoms with van der Waals surface area (Å²) in [5.74, 6) is 3.44. The van der Waals surface area contributed by atoms with E-state index >= 15 is 0 Å². The number of hydrogen-bond donors (Lipinski definition) is 12. The molecule has 4 atom stereocenters. The number of hydrogen-bond acceptors (Lipinski definition) is 28. The van der Waals surface area contributed by atoms with Crippen LogP contribution in [0, 0.1) is 0 Å². The van der Waals surface area contributed by atoms with E-state index < -0.39 is 0 Å². The summed E-state index contributed by atoms with van der Waals surface area (Å²) < 4.78 is 24.3. The van der Waals surface area contributed by atoms with E-state index in [4.69, 9.17) is 34.1 Å². The molecule has 25 rings (SSSR count). The molecule has 145 heavy (non-hydrogen) atoms. The van der Waals surface area contributed by atoms with Crippen molar-refractivity contribution in [2.75, 3.05) is 99.9 Å². The van der Waals surface area contributed by atoms with Gasteiger partial charge in [-0.05, 0) is 189 Å². The number of likely N-dealkylation sites (tertiary alicyclic amines) is 1. The molecule has 39 nitrogen and oxygen atoms in total. The maximum atomic E-state index is 13.4. The fourth-order valence-electron chi connectivity index (χ4n) is 18.6. The van der Waals surface area contributed by atoms with Crippen molar-refractivity contribution in [2.45, 2.75) is 165 Å². The van der Waals surface area contributed by atoms with Crippen LogP contribution in [0.3, 0.4) is 0 Å². The highest BCUT2D eigenvalue weighted by Crippen LogP contribution is 2.40. The molecular weight excluding hydrogens is 1920 g/mol. The summed E-state index contributed by atoms with van der Waals surface area (Å²) in [6, 6.07) is 25.0. The minimum atomic E-state index is -0.313. The van der Waals surface area contributed by atoms with Crippen molar-refractivity contribution in [1.29, 1.82) is 0 Å². The van der Waals surface area contributed by atoms with Gasteiger partial charge in [0.15, 0.2) is 22.6 Å². The van der Waals surface area contributed by atoms with Gasteiger partial charge in [-0.3, -0.25) is 28.9 Å². The molecule has 21 heterocycles. The number of carbonyl (C=O) groups is 5. The van der Waals surface area contributed by atoms with Crippen molar-refractivity contribution >= 4 is 165 Å². The minimum absolute atomic E-state index is 0.0163. The third kappa shape index (κ3) is 21.8. The molecular formula is C102H110N28O11S4. The molecule has 0 aromatic carbocycles. The Morgan fingerprint density at radius 2 is 0.779 bits per heavy atom. The van der Waals surface area contributed by atoms with Crippen LogP contribution in [0.15, 0.2) is 130 Å². The van der Waals surface area contributed by atoms with Crippen molar-refractivity contribution in [2.24, 2.45) is 0 Å². The van der Waals surface area contributed by atoms with E-state index in [0.29, 0.717) is 131 Å². The van der Waals surface area contributed by atoms with Crippen LogP contribution in [0.2, 0.25) is 0 Å². The number of nitrogens with zero attached hydrogens (tertiary/aromatic N) is 16. The van der Waals surface area contributed by atoms with Crippen LogP contribution in [0.25, 0.3) is 109 Å². The second-order valence-corrected chi connectivity index (χ2v) is 42.7. The van der Waals surface area contributed by atoms with Crippen LogP contribution < -0.4 is 81.1 Å². The van der Waals surface area contributed by atoms with Gasteiger partial charge >= 0.3 is 17.1 Å². The van der Waals surface area contributed by atoms with Crippen LogP contribution in [-0.4, -0.2) is 265 Å². The third-order valence-corrected chi connectivity index (χ3v) is 31.2. The summed E-state index contributed by atoms with van der Waals surface area (Å²) in [5, 5.41) is 41.4. The van der Waals surface area contributed by atoms with E-state index in [9.17, 15) is 38.4 Å². The molecule has 15 aromatic rings. The summed E-state index contributed by atoms with van der Waals surface area (Å²) in [6.07, 6.45) is 31.7. The SMILES string of the molecule is C=C1NC(=O)C/C1=C\c1cnn2c(NC3CC3)cc(-c3ccc(C(=O)NCC4CCCO4)s3)nc12.C=c1[nH]c(=O)[nH]/c1=C\c1cnn2c(NC3CC3)cc(-c3ccc(C(=O)N4CC(C)OC(C)C4)s3)nc12.C=c1[nH]c(=O)[nH]/c1=C\c1cnn2c(NC3CC3)cc(-c3ccc(C(=O)N4CCCCC4)s3)nc12.C=c1[nH]c(=O)[nH]/c1=C\c1cnn2c(NC3CC3)cc(-c3ccc(C(=O)N4CCN(CC5CCCO5)CC4)s3)nc12. The number of imidazole rings is 3. The lowest BCUT2D eigenvalue weighted by Crippen LogP contribution is -2.50. The Hall–Kier alpha value is -14.6. The fraction of sp³-hybridized carbons (Fsp3) is 0.373. The van der Waals surface area contributed by atoms with Crippen molar-refractivity contribution in [3.63, 3.8) is 0 Å². The molecule has 5 amide bonds. The Kier molecular flexibility index (Phi) is 26.9. The summed E-state index contributed by atoms with van der Waals surface area (Å²) in [7, 11) is 0. The van der Waals surface area contributed by atoms with Gasteiger partial charge in [-0.2, -0.15) is 38.5 Å². The molecule has 43 heteroatoms. The molecule has 0 spiro atoms. The van der Waals surface area contributed by atoms with Gasteiger partial charge in [-0.1, -0.05) is 26.3 Å². The first kappa shape index (κ1) is 95.3. The smallest absolute Gasteiger partial charge is 0.323 e. The lowest BCUT2D eigenvalue weighted by atomic mass is 10.1. The lowest BCUT2D eigenvalue weighted by Gasteiger charge is -2.35. The van der Waals surface area contributed by atoms with Gasteiger partial charge in [0.1, 0.15) is 23.3 Å². The van der Waals surface area contributed by atoms with Crippen molar-refractivity contribution in [1.82, 2.24) is 119 Å². The molecule has 0 radical (unpaired) electrons.